The predicted molar refractivity (Wildman–Crippen MR) is 154 cm³/mol. The third-order valence-electron chi connectivity index (χ3n) is 7.59. The number of epoxide rings is 1. The number of rotatable bonds is 10. The summed E-state index contributed by atoms with van der Waals surface area (Å²) in [5, 5.41) is 20.5. The van der Waals surface area contributed by atoms with Gasteiger partial charge in [-0.3, -0.25) is 14.4 Å². The molecule has 230 valence electrons. The first-order valence-corrected chi connectivity index (χ1v) is 14.5. The van der Waals surface area contributed by atoms with Crippen LogP contribution in [-0.2, 0) is 33.3 Å². The summed E-state index contributed by atoms with van der Waals surface area (Å²) in [4.78, 5) is 36.5. The summed E-state index contributed by atoms with van der Waals surface area (Å²) < 4.78 is 22.6. The van der Waals surface area contributed by atoms with Crippen LogP contribution in [0.25, 0.3) is 0 Å². The van der Waals surface area contributed by atoms with Crippen LogP contribution in [0.1, 0.15) is 74.7 Å². The van der Waals surface area contributed by atoms with E-state index in [0.717, 1.165) is 12.0 Å². The number of carbonyl (C=O) groups excluding carboxylic acids is 3. The first kappa shape index (κ1) is 34.5. The number of aliphatic hydroxyl groups is 2. The van der Waals surface area contributed by atoms with E-state index >= 15 is 0 Å². The molecule has 0 amide bonds. The van der Waals surface area contributed by atoms with E-state index in [9.17, 15) is 24.6 Å². The van der Waals surface area contributed by atoms with Gasteiger partial charge >= 0.3 is 17.9 Å². The van der Waals surface area contributed by atoms with Crippen molar-refractivity contribution in [2.75, 3.05) is 0 Å². The van der Waals surface area contributed by atoms with Crippen molar-refractivity contribution in [1.82, 2.24) is 0 Å². The number of esters is 3. The van der Waals surface area contributed by atoms with Crippen molar-refractivity contribution in [3.05, 3.63) is 48.1 Å². The zero-order chi connectivity index (χ0) is 30.9. The standard InChI is InChI=1S/C32H48O9/c1-9-26(36)22(5)31-27(39-31)17-19(2)11-10-12-20(3)30-21(4)13-14-28(38-23(6)33)32(8,41-24(7)34)16-15-25(35)18-29(37)40-30/h10-16,19,21-22,25-28,30-31,35-36H,9,17-18H2,1-8H3/b11-10+,14-13+,16-15+,20-12+. The molecule has 0 aromatic heterocycles. The molecule has 9 heteroatoms. The van der Waals surface area contributed by atoms with Gasteiger partial charge in [0, 0.05) is 25.7 Å². The quantitative estimate of drug-likeness (QED) is 0.128. The number of carbonyl (C=O) groups is 3. The van der Waals surface area contributed by atoms with Gasteiger partial charge in [0.15, 0.2) is 11.7 Å². The minimum atomic E-state index is -1.41. The van der Waals surface area contributed by atoms with Crippen molar-refractivity contribution in [1.29, 1.82) is 0 Å². The van der Waals surface area contributed by atoms with E-state index in [0.29, 0.717) is 6.42 Å². The first-order chi connectivity index (χ1) is 19.2. The Bertz CT molecular complexity index is 1030. The van der Waals surface area contributed by atoms with Crippen LogP contribution in [0.2, 0.25) is 0 Å². The highest BCUT2D eigenvalue weighted by molar-refractivity contribution is 5.71. The van der Waals surface area contributed by atoms with Gasteiger partial charge in [-0.05, 0) is 50.3 Å². The number of allylic oxidation sites excluding steroid dienone is 3. The summed E-state index contributed by atoms with van der Waals surface area (Å²) in [6.07, 6.45) is 10.3. The molecule has 0 aromatic rings. The maximum atomic E-state index is 12.7. The molecule has 0 saturated carbocycles. The summed E-state index contributed by atoms with van der Waals surface area (Å²) in [5.74, 6) is -1.73. The van der Waals surface area contributed by atoms with Crippen LogP contribution in [0, 0.1) is 17.8 Å². The Labute approximate surface area is 244 Å². The number of hydrogen-bond donors (Lipinski definition) is 2. The summed E-state index contributed by atoms with van der Waals surface area (Å²) in [6, 6.07) is 0. The van der Waals surface area contributed by atoms with Crippen LogP contribution < -0.4 is 0 Å². The second kappa shape index (κ2) is 15.5. The summed E-state index contributed by atoms with van der Waals surface area (Å²) in [7, 11) is 0. The topological polar surface area (TPSA) is 132 Å². The van der Waals surface area contributed by atoms with E-state index < -0.39 is 41.8 Å². The predicted octanol–water partition coefficient (Wildman–Crippen LogP) is 4.37. The van der Waals surface area contributed by atoms with Crippen molar-refractivity contribution < 1.29 is 43.5 Å². The molecule has 0 bridgehead atoms. The smallest absolute Gasteiger partial charge is 0.309 e. The van der Waals surface area contributed by atoms with Crippen molar-refractivity contribution in [3.63, 3.8) is 0 Å². The summed E-state index contributed by atoms with van der Waals surface area (Å²) in [6.45, 7) is 13.9. The van der Waals surface area contributed by atoms with Gasteiger partial charge in [0.2, 0.25) is 0 Å². The minimum Gasteiger partial charge on any atom is -0.457 e. The van der Waals surface area contributed by atoms with E-state index in [4.69, 9.17) is 18.9 Å². The zero-order valence-corrected chi connectivity index (χ0v) is 25.6. The molecule has 1 fully saturated rings. The Morgan fingerprint density at radius 2 is 1.85 bits per heavy atom. The van der Waals surface area contributed by atoms with Crippen LogP contribution in [-0.4, -0.2) is 70.3 Å². The van der Waals surface area contributed by atoms with Crippen LogP contribution >= 0.6 is 0 Å². The number of cyclic esters (lactones) is 1. The average molecular weight is 577 g/mol. The molecular formula is C32H48O9. The molecule has 2 aliphatic rings. The number of hydrogen-bond acceptors (Lipinski definition) is 9. The molecule has 1 saturated heterocycles. The van der Waals surface area contributed by atoms with Gasteiger partial charge in [0.05, 0.1) is 30.8 Å². The molecule has 0 aromatic carbocycles. The Balaban J connectivity index is 2.22. The molecule has 10 unspecified atom stereocenters. The Morgan fingerprint density at radius 3 is 2.46 bits per heavy atom. The number of aliphatic hydroxyl groups excluding tert-OH is 2. The van der Waals surface area contributed by atoms with Gasteiger partial charge in [-0.2, -0.15) is 0 Å². The van der Waals surface area contributed by atoms with E-state index in [1.165, 1.54) is 26.0 Å². The zero-order valence-electron chi connectivity index (χ0n) is 25.6. The SMILES string of the molecule is CCC(O)C(C)C1OC1CC(C)/C=C/C=C(\C)C1OC(=O)CC(O)/C=C/C(C)(OC(C)=O)C(OC(C)=O)/C=C/C1C. The molecule has 10 atom stereocenters. The second-order valence-corrected chi connectivity index (χ2v) is 11.6. The van der Waals surface area contributed by atoms with Crippen LogP contribution in [0.4, 0.5) is 0 Å². The normalized spacial score (nSPS) is 34.8. The second-order valence-electron chi connectivity index (χ2n) is 11.6. The van der Waals surface area contributed by atoms with Gasteiger partial charge in [0.1, 0.15) is 6.10 Å². The van der Waals surface area contributed by atoms with Gasteiger partial charge in [-0.25, -0.2) is 0 Å². The molecule has 41 heavy (non-hydrogen) atoms. The fourth-order valence-corrected chi connectivity index (χ4v) is 5.08. The van der Waals surface area contributed by atoms with E-state index in [2.05, 4.69) is 13.0 Å². The molecule has 9 nitrogen and oxygen atoms in total. The summed E-state index contributed by atoms with van der Waals surface area (Å²) in [5.41, 5.74) is -0.624. The Morgan fingerprint density at radius 1 is 1.17 bits per heavy atom. The summed E-state index contributed by atoms with van der Waals surface area (Å²) >= 11 is 0. The van der Waals surface area contributed by atoms with E-state index in [1.807, 2.05) is 39.8 Å². The Kier molecular flexibility index (Phi) is 13.0. The van der Waals surface area contributed by atoms with Crippen LogP contribution in [0.5, 0.6) is 0 Å². The molecule has 2 heterocycles. The molecular weight excluding hydrogens is 528 g/mol. The van der Waals surface area contributed by atoms with Crippen molar-refractivity contribution in [3.8, 4) is 0 Å². The maximum Gasteiger partial charge on any atom is 0.309 e. The third-order valence-corrected chi connectivity index (χ3v) is 7.59. The van der Waals surface area contributed by atoms with Gasteiger partial charge in [-0.1, -0.05) is 58.1 Å². The largest absolute Gasteiger partial charge is 0.457 e. The maximum absolute atomic E-state index is 12.7. The average Bonchev–Trinajstić information content (AvgIpc) is 3.64. The van der Waals surface area contributed by atoms with Crippen molar-refractivity contribution in [2.45, 2.75) is 117 Å². The van der Waals surface area contributed by atoms with E-state index in [1.54, 1.807) is 19.1 Å². The lowest BCUT2D eigenvalue weighted by Crippen LogP contribution is -2.43. The minimum absolute atomic E-state index is 0.0880. The molecule has 2 rings (SSSR count). The molecule has 0 radical (unpaired) electrons. The fourth-order valence-electron chi connectivity index (χ4n) is 5.08. The molecule has 2 aliphatic heterocycles. The fraction of sp³-hybridized carbons (Fsp3) is 0.656. The van der Waals surface area contributed by atoms with Crippen molar-refractivity contribution >= 4 is 17.9 Å². The highest BCUT2D eigenvalue weighted by Gasteiger charge is 2.45. The van der Waals surface area contributed by atoms with Gasteiger partial charge < -0.3 is 29.2 Å². The highest BCUT2D eigenvalue weighted by atomic mass is 16.6. The van der Waals surface area contributed by atoms with E-state index in [-0.39, 0.29) is 42.5 Å². The van der Waals surface area contributed by atoms with Crippen LogP contribution in [0.3, 0.4) is 0 Å². The first-order valence-electron chi connectivity index (χ1n) is 14.5. The van der Waals surface area contributed by atoms with Gasteiger partial charge in [0.25, 0.3) is 0 Å². The Hall–Kier alpha value is -2.75. The lowest BCUT2D eigenvalue weighted by Gasteiger charge is -2.33. The monoisotopic (exact) mass is 576 g/mol. The lowest BCUT2D eigenvalue weighted by molar-refractivity contribution is -0.169. The van der Waals surface area contributed by atoms with Crippen molar-refractivity contribution in [2.24, 2.45) is 17.8 Å². The number of ether oxygens (including phenoxy) is 4. The van der Waals surface area contributed by atoms with Crippen LogP contribution in [0.15, 0.2) is 48.1 Å². The molecule has 0 aliphatic carbocycles. The third kappa shape index (κ3) is 10.9. The lowest BCUT2D eigenvalue weighted by atomic mass is 9.92. The molecule has 0 spiro atoms. The molecule has 2 N–H and O–H groups in total. The highest BCUT2D eigenvalue weighted by Crippen LogP contribution is 2.36. The van der Waals surface area contributed by atoms with Gasteiger partial charge in [-0.15, -0.1) is 0 Å².